The van der Waals surface area contributed by atoms with Crippen LogP contribution in [0.4, 0.5) is 5.82 Å². The van der Waals surface area contributed by atoms with Crippen LogP contribution in [0.15, 0.2) is 12.1 Å². The van der Waals surface area contributed by atoms with Gasteiger partial charge >= 0.3 is 0 Å². The summed E-state index contributed by atoms with van der Waals surface area (Å²) in [5.74, 6) is 1.01. The maximum Gasteiger partial charge on any atom is 0.176 e. The number of nitrogens with one attached hydrogen (secondary N) is 1. The highest BCUT2D eigenvalue weighted by Crippen LogP contribution is 2.12. The number of anilines is 1. The minimum atomic E-state index is 0.0762. The minimum Gasteiger partial charge on any atom is -0.383 e. The summed E-state index contributed by atoms with van der Waals surface area (Å²) in [5.41, 5.74) is 0.713. The van der Waals surface area contributed by atoms with Gasteiger partial charge in [-0.15, -0.1) is 0 Å². The van der Waals surface area contributed by atoms with E-state index >= 15 is 0 Å². The molecule has 0 fully saturated rings. The third-order valence-corrected chi connectivity index (χ3v) is 2.09. The lowest BCUT2D eigenvalue weighted by Gasteiger charge is -2.07. The fraction of sp³-hybridized carbons (Fsp3) is 0.500. The maximum atomic E-state index is 11.1. The molecule has 0 aliphatic carbocycles. The Hall–Kier alpha value is -1.29. The summed E-state index contributed by atoms with van der Waals surface area (Å²) in [6.07, 6.45) is 0. The molecule has 0 aromatic carbocycles. The summed E-state index contributed by atoms with van der Waals surface area (Å²) in [5, 5.41) is 3.17. The van der Waals surface area contributed by atoms with Gasteiger partial charge in [0.2, 0.25) is 0 Å². The summed E-state index contributed by atoms with van der Waals surface area (Å²) >= 11 is 0. The number of ether oxygens (including phenoxy) is 1. The molecule has 1 N–H and O–H groups in total. The molecule has 1 aromatic rings. The van der Waals surface area contributed by atoms with Crippen molar-refractivity contribution in [2.75, 3.05) is 25.6 Å². The molecule has 0 radical (unpaired) electrons. The van der Waals surface area contributed by atoms with Crippen molar-refractivity contribution < 1.29 is 9.53 Å². The second kappa shape index (κ2) is 4.81. The molecule has 14 heavy (non-hydrogen) atoms. The zero-order valence-electron chi connectivity index (χ0n) is 8.83. The minimum absolute atomic E-state index is 0.0762. The first-order valence-electron chi connectivity index (χ1n) is 4.56. The Labute approximate surface area is 83.9 Å². The van der Waals surface area contributed by atoms with Gasteiger partial charge in [0.15, 0.2) is 5.78 Å². The number of carbonyl (C=O) groups is 1. The second-order valence-corrected chi connectivity index (χ2v) is 3.14. The molecule has 4 nitrogen and oxygen atoms in total. The predicted molar refractivity (Wildman–Crippen MR) is 55.8 cm³/mol. The number of nitrogens with zero attached hydrogens (tertiary/aromatic N) is 1. The van der Waals surface area contributed by atoms with Crippen LogP contribution in [-0.4, -0.2) is 30.6 Å². The molecule has 4 heteroatoms. The van der Waals surface area contributed by atoms with Crippen LogP contribution >= 0.6 is 0 Å². The number of ketones is 1. The van der Waals surface area contributed by atoms with E-state index in [1.54, 1.807) is 14.0 Å². The van der Waals surface area contributed by atoms with Gasteiger partial charge in [-0.2, -0.15) is 0 Å². The van der Waals surface area contributed by atoms with Crippen LogP contribution in [0.3, 0.4) is 0 Å². The molecule has 78 valence electrons. The van der Waals surface area contributed by atoms with Gasteiger partial charge in [-0.3, -0.25) is 4.79 Å². The lowest BCUT2D eigenvalue weighted by molar-refractivity contribution is 0.101. The molecule has 0 saturated heterocycles. The first-order chi connectivity index (χ1) is 6.66. The largest absolute Gasteiger partial charge is 0.383 e. The molecule has 1 rings (SSSR count). The van der Waals surface area contributed by atoms with Gasteiger partial charge < -0.3 is 14.6 Å². The summed E-state index contributed by atoms with van der Waals surface area (Å²) in [6.45, 7) is 2.96. The van der Waals surface area contributed by atoms with Crippen molar-refractivity contribution in [2.24, 2.45) is 7.05 Å². The summed E-state index contributed by atoms with van der Waals surface area (Å²) in [4.78, 5) is 11.1. The molecule has 0 amide bonds. The Bertz CT molecular complexity index is 318. The normalized spacial score (nSPS) is 10.2. The van der Waals surface area contributed by atoms with E-state index in [1.807, 2.05) is 23.7 Å². The van der Waals surface area contributed by atoms with Crippen LogP contribution in [0.1, 0.15) is 17.4 Å². The Morgan fingerprint density at radius 2 is 2.29 bits per heavy atom. The number of hydrogen-bond acceptors (Lipinski definition) is 3. The maximum absolute atomic E-state index is 11.1. The zero-order chi connectivity index (χ0) is 10.6. The summed E-state index contributed by atoms with van der Waals surface area (Å²) in [6, 6.07) is 3.71. The number of rotatable bonds is 5. The smallest absolute Gasteiger partial charge is 0.176 e. The highest BCUT2D eigenvalue weighted by molar-refractivity contribution is 5.93. The van der Waals surface area contributed by atoms with Crippen molar-refractivity contribution in [1.82, 2.24) is 4.57 Å². The molecule has 0 unspecified atom stereocenters. The van der Waals surface area contributed by atoms with Crippen molar-refractivity contribution in [3.63, 3.8) is 0 Å². The highest BCUT2D eigenvalue weighted by Gasteiger charge is 2.07. The SMILES string of the molecule is COCCNc1ccc(C(C)=O)n1C. The molecule has 0 bridgehead atoms. The third-order valence-electron chi connectivity index (χ3n) is 2.09. The molecular formula is C10H16N2O2. The van der Waals surface area contributed by atoms with Crippen LogP contribution in [0, 0.1) is 0 Å². The molecule has 0 saturated carbocycles. The van der Waals surface area contributed by atoms with Gasteiger partial charge in [-0.1, -0.05) is 0 Å². The molecular weight excluding hydrogens is 180 g/mol. The average molecular weight is 196 g/mol. The lowest BCUT2D eigenvalue weighted by atomic mass is 10.3. The van der Waals surface area contributed by atoms with Crippen LogP contribution < -0.4 is 5.32 Å². The number of Topliss-reactive ketones (excluding diaryl/α,β-unsaturated/α-hetero) is 1. The topological polar surface area (TPSA) is 43.3 Å². The Balaban J connectivity index is 2.65. The fourth-order valence-electron chi connectivity index (χ4n) is 1.32. The van der Waals surface area contributed by atoms with Crippen molar-refractivity contribution in [2.45, 2.75) is 6.92 Å². The monoisotopic (exact) mass is 196 g/mol. The van der Waals surface area contributed by atoms with Gasteiger partial charge in [-0.25, -0.2) is 0 Å². The fourth-order valence-corrected chi connectivity index (χ4v) is 1.32. The van der Waals surface area contributed by atoms with E-state index in [4.69, 9.17) is 4.74 Å². The van der Waals surface area contributed by atoms with E-state index in [0.29, 0.717) is 12.3 Å². The first-order valence-corrected chi connectivity index (χ1v) is 4.56. The van der Waals surface area contributed by atoms with Crippen molar-refractivity contribution in [1.29, 1.82) is 0 Å². The lowest BCUT2D eigenvalue weighted by Crippen LogP contribution is -2.11. The van der Waals surface area contributed by atoms with Crippen LogP contribution in [0.5, 0.6) is 0 Å². The zero-order valence-corrected chi connectivity index (χ0v) is 8.83. The quantitative estimate of drug-likeness (QED) is 0.570. The number of carbonyl (C=O) groups excluding carboxylic acids is 1. The summed E-state index contributed by atoms with van der Waals surface area (Å²) in [7, 11) is 3.53. The molecule has 1 heterocycles. The van der Waals surface area contributed by atoms with E-state index in [2.05, 4.69) is 5.32 Å². The molecule has 0 aliphatic heterocycles. The van der Waals surface area contributed by atoms with E-state index < -0.39 is 0 Å². The molecule has 0 atom stereocenters. The number of hydrogen-bond donors (Lipinski definition) is 1. The van der Waals surface area contributed by atoms with Gasteiger partial charge in [0.25, 0.3) is 0 Å². The molecule has 1 aromatic heterocycles. The van der Waals surface area contributed by atoms with Gasteiger partial charge in [-0.05, 0) is 12.1 Å². The van der Waals surface area contributed by atoms with Crippen LogP contribution in [0.2, 0.25) is 0 Å². The van der Waals surface area contributed by atoms with E-state index in [9.17, 15) is 4.79 Å². The molecule has 0 spiro atoms. The Kier molecular flexibility index (Phi) is 3.71. The standard InChI is InChI=1S/C10H16N2O2/c1-8(13)9-4-5-10(12(9)2)11-6-7-14-3/h4-5,11H,6-7H2,1-3H3. The number of methoxy groups -OCH3 is 1. The third kappa shape index (κ3) is 2.35. The van der Waals surface area contributed by atoms with E-state index in [-0.39, 0.29) is 5.78 Å². The predicted octanol–water partition coefficient (Wildman–Crippen LogP) is 1.29. The summed E-state index contributed by atoms with van der Waals surface area (Å²) < 4.78 is 6.76. The van der Waals surface area contributed by atoms with E-state index in [0.717, 1.165) is 12.4 Å². The Morgan fingerprint density at radius 3 is 2.79 bits per heavy atom. The van der Waals surface area contributed by atoms with Gasteiger partial charge in [0, 0.05) is 27.6 Å². The molecule has 0 aliphatic rings. The van der Waals surface area contributed by atoms with Gasteiger partial charge in [0.05, 0.1) is 12.3 Å². The van der Waals surface area contributed by atoms with Crippen molar-refractivity contribution in [3.8, 4) is 0 Å². The van der Waals surface area contributed by atoms with Crippen molar-refractivity contribution in [3.05, 3.63) is 17.8 Å². The Morgan fingerprint density at radius 1 is 1.57 bits per heavy atom. The van der Waals surface area contributed by atoms with Gasteiger partial charge in [0.1, 0.15) is 5.82 Å². The average Bonchev–Trinajstić information content (AvgIpc) is 2.48. The van der Waals surface area contributed by atoms with E-state index in [1.165, 1.54) is 0 Å². The van der Waals surface area contributed by atoms with Crippen LogP contribution in [-0.2, 0) is 11.8 Å². The first kappa shape index (κ1) is 10.8. The van der Waals surface area contributed by atoms with Crippen molar-refractivity contribution >= 4 is 11.6 Å². The second-order valence-electron chi connectivity index (χ2n) is 3.14. The van der Waals surface area contributed by atoms with Crippen LogP contribution in [0.25, 0.3) is 0 Å². The highest BCUT2D eigenvalue weighted by atomic mass is 16.5. The number of aromatic nitrogens is 1.